The zero-order valence-electron chi connectivity index (χ0n) is 12.4. The molecule has 112 valence electrons. The van der Waals surface area contributed by atoms with Crippen molar-refractivity contribution in [3.63, 3.8) is 0 Å². The standard InChI is InChI=1S/C15H19FN4O/c1-4-11-14(17-5-2)18-9-19-15(11)20-13-8-10(21-3)6-7-12(13)16/h6-9H,4-5H2,1-3H3,(H2,17,18,19,20). The zero-order valence-corrected chi connectivity index (χ0v) is 12.4. The third-order valence-corrected chi connectivity index (χ3v) is 3.07. The van der Waals surface area contributed by atoms with Gasteiger partial charge in [0.15, 0.2) is 0 Å². The van der Waals surface area contributed by atoms with E-state index in [0.717, 1.165) is 24.3 Å². The fourth-order valence-corrected chi connectivity index (χ4v) is 2.03. The molecule has 0 saturated carbocycles. The van der Waals surface area contributed by atoms with E-state index < -0.39 is 0 Å². The highest BCUT2D eigenvalue weighted by atomic mass is 19.1. The van der Waals surface area contributed by atoms with E-state index in [1.807, 2.05) is 13.8 Å². The molecule has 2 rings (SSSR count). The molecule has 2 N–H and O–H groups in total. The van der Waals surface area contributed by atoms with Gasteiger partial charge in [0, 0.05) is 18.2 Å². The highest BCUT2D eigenvalue weighted by Gasteiger charge is 2.12. The molecule has 0 unspecified atom stereocenters. The Bertz CT molecular complexity index is 619. The fraction of sp³-hybridized carbons (Fsp3) is 0.333. The largest absolute Gasteiger partial charge is 0.497 e. The van der Waals surface area contributed by atoms with Crippen LogP contribution in [0.2, 0.25) is 0 Å². The average Bonchev–Trinajstić information content (AvgIpc) is 2.50. The fourth-order valence-electron chi connectivity index (χ4n) is 2.03. The first kappa shape index (κ1) is 15.0. The Hall–Kier alpha value is -2.37. The van der Waals surface area contributed by atoms with Gasteiger partial charge in [-0.2, -0.15) is 0 Å². The molecule has 0 bridgehead atoms. The van der Waals surface area contributed by atoms with Gasteiger partial charge < -0.3 is 15.4 Å². The molecule has 0 atom stereocenters. The third-order valence-electron chi connectivity index (χ3n) is 3.07. The number of methoxy groups -OCH3 is 1. The summed E-state index contributed by atoms with van der Waals surface area (Å²) in [5, 5.41) is 6.20. The smallest absolute Gasteiger partial charge is 0.146 e. The van der Waals surface area contributed by atoms with Crippen LogP contribution in [0.25, 0.3) is 0 Å². The molecular weight excluding hydrogens is 271 g/mol. The van der Waals surface area contributed by atoms with Crippen LogP contribution in [-0.2, 0) is 6.42 Å². The molecule has 1 aromatic heterocycles. The Morgan fingerprint density at radius 3 is 2.62 bits per heavy atom. The number of nitrogens with one attached hydrogen (secondary N) is 2. The van der Waals surface area contributed by atoms with Crippen LogP contribution in [0.4, 0.5) is 21.7 Å². The van der Waals surface area contributed by atoms with Gasteiger partial charge in [0.1, 0.15) is 29.5 Å². The quantitative estimate of drug-likeness (QED) is 0.854. The lowest BCUT2D eigenvalue weighted by atomic mass is 10.2. The average molecular weight is 290 g/mol. The third kappa shape index (κ3) is 3.39. The van der Waals surface area contributed by atoms with E-state index in [2.05, 4.69) is 20.6 Å². The van der Waals surface area contributed by atoms with Gasteiger partial charge in [-0.05, 0) is 25.5 Å². The van der Waals surface area contributed by atoms with Crippen molar-refractivity contribution in [2.45, 2.75) is 20.3 Å². The normalized spacial score (nSPS) is 10.3. The van der Waals surface area contributed by atoms with Crippen LogP contribution in [0.3, 0.4) is 0 Å². The van der Waals surface area contributed by atoms with Gasteiger partial charge in [-0.15, -0.1) is 0 Å². The number of anilines is 3. The number of nitrogens with zero attached hydrogens (tertiary/aromatic N) is 2. The summed E-state index contributed by atoms with van der Waals surface area (Å²) in [4.78, 5) is 8.43. The number of rotatable bonds is 6. The van der Waals surface area contributed by atoms with Crippen LogP contribution in [-0.4, -0.2) is 23.6 Å². The van der Waals surface area contributed by atoms with E-state index in [0.29, 0.717) is 17.3 Å². The molecule has 0 aliphatic carbocycles. The number of halogens is 1. The predicted octanol–water partition coefficient (Wildman–Crippen LogP) is 3.36. The molecule has 0 radical (unpaired) electrons. The number of benzene rings is 1. The van der Waals surface area contributed by atoms with Gasteiger partial charge >= 0.3 is 0 Å². The van der Waals surface area contributed by atoms with Crippen molar-refractivity contribution in [3.05, 3.63) is 35.9 Å². The van der Waals surface area contributed by atoms with Crippen LogP contribution >= 0.6 is 0 Å². The molecule has 0 fully saturated rings. The highest BCUT2D eigenvalue weighted by molar-refractivity contribution is 5.66. The second-order valence-corrected chi connectivity index (χ2v) is 4.40. The van der Waals surface area contributed by atoms with Gasteiger partial charge in [0.25, 0.3) is 0 Å². The van der Waals surface area contributed by atoms with Crippen LogP contribution in [0.1, 0.15) is 19.4 Å². The van der Waals surface area contributed by atoms with Gasteiger partial charge in [-0.1, -0.05) is 6.92 Å². The molecule has 1 aromatic carbocycles. The Kier molecular flexibility index (Phi) is 4.92. The van der Waals surface area contributed by atoms with E-state index in [9.17, 15) is 4.39 Å². The predicted molar refractivity (Wildman–Crippen MR) is 81.8 cm³/mol. The second-order valence-electron chi connectivity index (χ2n) is 4.40. The summed E-state index contributed by atoms with van der Waals surface area (Å²) < 4.78 is 19.0. The lowest BCUT2D eigenvalue weighted by Gasteiger charge is -2.14. The highest BCUT2D eigenvalue weighted by Crippen LogP contribution is 2.27. The van der Waals surface area contributed by atoms with Gasteiger partial charge in [0.2, 0.25) is 0 Å². The van der Waals surface area contributed by atoms with Crippen molar-refractivity contribution in [2.75, 3.05) is 24.3 Å². The van der Waals surface area contributed by atoms with Crippen LogP contribution in [0.5, 0.6) is 5.75 Å². The molecule has 0 spiro atoms. The SMILES string of the molecule is CCNc1ncnc(Nc2cc(OC)ccc2F)c1CC. The number of aromatic nitrogens is 2. The van der Waals surface area contributed by atoms with E-state index in [4.69, 9.17) is 4.74 Å². The van der Waals surface area contributed by atoms with Crippen molar-refractivity contribution in [3.8, 4) is 5.75 Å². The summed E-state index contributed by atoms with van der Waals surface area (Å²) in [6.07, 6.45) is 2.19. The number of hydrogen-bond acceptors (Lipinski definition) is 5. The molecular formula is C15H19FN4O. The Morgan fingerprint density at radius 2 is 1.95 bits per heavy atom. The lowest BCUT2D eigenvalue weighted by molar-refractivity contribution is 0.414. The van der Waals surface area contributed by atoms with Crippen molar-refractivity contribution in [1.82, 2.24) is 9.97 Å². The van der Waals surface area contributed by atoms with Crippen molar-refractivity contribution in [2.24, 2.45) is 0 Å². The van der Waals surface area contributed by atoms with Gasteiger partial charge in [0.05, 0.1) is 12.8 Å². The molecule has 1 heterocycles. The zero-order chi connectivity index (χ0) is 15.2. The van der Waals surface area contributed by atoms with E-state index in [1.54, 1.807) is 19.2 Å². The molecule has 21 heavy (non-hydrogen) atoms. The lowest BCUT2D eigenvalue weighted by Crippen LogP contribution is -2.08. The minimum absolute atomic E-state index is 0.324. The van der Waals surface area contributed by atoms with E-state index >= 15 is 0 Å². The maximum Gasteiger partial charge on any atom is 0.146 e. The molecule has 5 nitrogen and oxygen atoms in total. The maximum absolute atomic E-state index is 13.9. The van der Waals surface area contributed by atoms with Crippen molar-refractivity contribution in [1.29, 1.82) is 0 Å². The minimum Gasteiger partial charge on any atom is -0.497 e. The minimum atomic E-state index is -0.360. The second kappa shape index (κ2) is 6.88. The van der Waals surface area contributed by atoms with Crippen molar-refractivity contribution < 1.29 is 9.13 Å². The van der Waals surface area contributed by atoms with Crippen LogP contribution < -0.4 is 15.4 Å². The Morgan fingerprint density at radius 1 is 1.19 bits per heavy atom. The Balaban J connectivity index is 2.37. The first-order chi connectivity index (χ1) is 10.2. The van der Waals surface area contributed by atoms with Crippen LogP contribution in [0, 0.1) is 5.82 Å². The first-order valence-electron chi connectivity index (χ1n) is 6.87. The van der Waals surface area contributed by atoms with Gasteiger partial charge in [-0.3, -0.25) is 0 Å². The summed E-state index contributed by atoms with van der Waals surface area (Å²) >= 11 is 0. The summed E-state index contributed by atoms with van der Waals surface area (Å²) in [5.41, 5.74) is 1.24. The van der Waals surface area contributed by atoms with Gasteiger partial charge in [-0.25, -0.2) is 14.4 Å². The van der Waals surface area contributed by atoms with Crippen molar-refractivity contribution >= 4 is 17.3 Å². The molecule has 0 aliphatic heterocycles. The maximum atomic E-state index is 13.9. The Labute approximate surface area is 123 Å². The monoisotopic (exact) mass is 290 g/mol. The number of hydrogen-bond donors (Lipinski definition) is 2. The first-order valence-corrected chi connectivity index (χ1v) is 6.87. The molecule has 0 saturated heterocycles. The summed E-state index contributed by atoms with van der Waals surface area (Å²) in [5.74, 6) is 1.58. The summed E-state index contributed by atoms with van der Waals surface area (Å²) in [6.45, 7) is 4.76. The molecule has 6 heteroatoms. The van der Waals surface area contributed by atoms with E-state index in [1.165, 1.54) is 12.4 Å². The molecule has 0 amide bonds. The summed E-state index contributed by atoms with van der Waals surface area (Å²) in [6, 6.07) is 4.54. The molecule has 2 aromatic rings. The molecule has 0 aliphatic rings. The van der Waals surface area contributed by atoms with Crippen LogP contribution in [0.15, 0.2) is 24.5 Å². The topological polar surface area (TPSA) is 59.1 Å². The summed E-state index contributed by atoms with van der Waals surface area (Å²) in [7, 11) is 1.54. The number of ether oxygens (including phenoxy) is 1. The van der Waals surface area contributed by atoms with E-state index in [-0.39, 0.29) is 5.82 Å².